The summed E-state index contributed by atoms with van der Waals surface area (Å²) in [6.07, 6.45) is 65.8. The van der Waals surface area contributed by atoms with E-state index in [9.17, 15) is 9.59 Å². The van der Waals surface area contributed by atoms with Crippen LogP contribution in [0, 0.1) is 0 Å². The molecule has 0 radical (unpaired) electrons. The minimum Gasteiger partial charge on any atom is -0.462 e. The number of esters is 2. The topological polar surface area (TPSA) is 61.8 Å². The first-order chi connectivity index (χ1) is 29.6. The molecule has 0 aromatic rings. The summed E-state index contributed by atoms with van der Waals surface area (Å²) < 4.78 is 17.4. The highest BCUT2D eigenvalue weighted by Gasteiger charge is 2.17. The number of unbranched alkanes of at least 4 members (excludes halogenated alkanes) is 20. The van der Waals surface area contributed by atoms with Crippen molar-refractivity contribution in [3.63, 3.8) is 0 Å². The van der Waals surface area contributed by atoms with E-state index < -0.39 is 6.10 Å². The van der Waals surface area contributed by atoms with E-state index in [0.29, 0.717) is 19.4 Å². The molecule has 1 atom stereocenters. The number of allylic oxidation sites excluding steroid dienone is 14. The zero-order valence-electron chi connectivity index (χ0n) is 39.5. The molecular weight excluding hydrogens is 741 g/mol. The van der Waals surface area contributed by atoms with Gasteiger partial charge in [0.05, 0.1) is 6.61 Å². The van der Waals surface area contributed by atoms with Crippen molar-refractivity contribution in [3.05, 3.63) is 85.1 Å². The Bertz CT molecular complexity index is 1130. The van der Waals surface area contributed by atoms with Gasteiger partial charge in [-0.3, -0.25) is 9.59 Å². The molecule has 0 aliphatic carbocycles. The van der Waals surface area contributed by atoms with Crippen LogP contribution in [0.4, 0.5) is 0 Å². The number of rotatable bonds is 45. The number of carbonyl (C=O) groups excluding carboxylic acids is 2. The summed E-state index contributed by atoms with van der Waals surface area (Å²) in [6.45, 7) is 7.53. The number of hydrogen-bond donors (Lipinski definition) is 0. The lowest BCUT2D eigenvalue weighted by Gasteiger charge is -2.18. The molecule has 0 saturated heterocycles. The van der Waals surface area contributed by atoms with Crippen molar-refractivity contribution in [1.82, 2.24) is 0 Å². The van der Waals surface area contributed by atoms with Gasteiger partial charge in [-0.05, 0) is 103 Å². The minimum absolute atomic E-state index is 0.0672. The lowest BCUT2D eigenvalue weighted by molar-refractivity contribution is -0.163. The molecule has 0 rings (SSSR count). The molecule has 0 aromatic heterocycles. The van der Waals surface area contributed by atoms with E-state index in [4.69, 9.17) is 14.2 Å². The largest absolute Gasteiger partial charge is 0.462 e. The van der Waals surface area contributed by atoms with Gasteiger partial charge in [0.2, 0.25) is 0 Å². The van der Waals surface area contributed by atoms with Crippen molar-refractivity contribution in [2.75, 3.05) is 19.8 Å². The fourth-order valence-electron chi connectivity index (χ4n) is 6.70. The van der Waals surface area contributed by atoms with Gasteiger partial charge in [-0.2, -0.15) is 0 Å². The van der Waals surface area contributed by atoms with E-state index in [1.807, 2.05) is 0 Å². The van der Waals surface area contributed by atoms with Gasteiger partial charge in [-0.1, -0.05) is 196 Å². The Balaban J connectivity index is 4.31. The van der Waals surface area contributed by atoms with Gasteiger partial charge in [0.1, 0.15) is 6.61 Å². The third kappa shape index (κ3) is 47.8. The average molecular weight is 835 g/mol. The quantitative estimate of drug-likeness (QED) is 0.0347. The van der Waals surface area contributed by atoms with Crippen molar-refractivity contribution in [1.29, 1.82) is 0 Å². The molecule has 0 fully saturated rings. The highest BCUT2D eigenvalue weighted by Crippen LogP contribution is 2.13. The Kier molecular flexibility index (Phi) is 48.0. The van der Waals surface area contributed by atoms with Gasteiger partial charge in [-0.15, -0.1) is 0 Å². The summed E-state index contributed by atoms with van der Waals surface area (Å²) in [5.41, 5.74) is 0. The second-order valence-corrected chi connectivity index (χ2v) is 16.3. The molecule has 60 heavy (non-hydrogen) atoms. The zero-order valence-corrected chi connectivity index (χ0v) is 39.5. The van der Waals surface area contributed by atoms with Crippen LogP contribution in [0.3, 0.4) is 0 Å². The smallest absolute Gasteiger partial charge is 0.306 e. The molecule has 0 spiro atoms. The molecular formula is C55H94O5. The molecule has 0 N–H and O–H groups in total. The van der Waals surface area contributed by atoms with Gasteiger partial charge in [0, 0.05) is 19.4 Å². The van der Waals surface area contributed by atoms with E-state index >= 15 is 0 Å². The second kappa shape index (κ2) is 50.4. The standard InChI is InChI=1S/C55H94O5/c1-4-7-10-13-16-19-22-25-27-28-30-31-33-36-39-42-45-48-54(56)59-52-53(51-58-50-47-44-41-38-35-24-21-18-15-12-9-6-3)60-55(57)49-46-43-40-37-34-32-29-26-23-20-17-14-11-8-5-2/h7-8,10-11,15-20,25-27,29,53H,4-6,9,12-14,21-24,28,30-52H2,1-3H3/b10-7-,11-8-,18-15-,19-16-,20-17-,27-25-,29-26-. The predicted octanol–water partition coefficient (Wildman–Crippen LogP) is 16.9. The molecule has 0 aromatic carbocycles. The predicted molar refractivity (Wildman–Crippen MR) is 260 cm³/mol. The molecule has 0 aliphatic heterocycles. The van der Waals surface area contributed by atoms with Gasteiger partial charge < -0.3 is 14.2 Å². The fraction of sp³-hybridized carbons (Fsp3) is 0.709. The van der Waals surface area contributed by atoms with Gasteiger partial charge in [0.25, 0.3) is 0 Å². The maximum absolute atomic E-state index is 12.8. The van der Waals surface area contributed by atoms with Crippen LogP contribution >= 0.6 is 0 Å². The Hall–Kier alpha value is -2.92. The van der Waals surface area contributed by atoms with Crippen molar-refractivity contribution in [2.45, 2.75) is 232 Å². The molecule has 344 valence electrons. The first kappa shape index (κ1) is 57.1. The van der Waals surface area contributed by atoms with Crippen LogP contribution in [0.25, 0.3) is 0 Å². The average Bonchev–Trinajstić information content (AvgIpc) is 3.25. The van der Waals surface area contributed by atoms with E-state index in [0.717, 1.165) is 103 Å². The van der Waals surface area contributed by atoms with Crippen LogP contribution < -0.4 is 0 Å². The summed E-state index contributed by atoms with van der Waals surface area (Å²) >= 11 is 0. The normalized spacial score (nSPS) is 12.9. The van der Waals surface area contributed by atoms with Crippen LogP contribution in [0.2, 0.25) is 0 Å². The summed E-state index contributed by atoms with van der Waals surface area (Å²) in [6, 6.07) is 0. The fourth-order valence-corrected chi connectivity index (χ4v) is 6.70. The molecule has 5 nitrogen and oxygen atoms in total. The number of ether oxygens (including phenoxy) is 3. The van der Waals surface area contributed by atoms with Crippen molar-refractivity contribution in [2.24, 2.45) is 0 Å². The summed E-state index contributed by atoms with van der Waals surface area (Å²) in [7, 11) is 0. The van der Waals surface area contributed by atoms with Crippen molar-refractivity contribution >= 4 is 11.9 Å². The van der Waals surface area contributed by atoms with Crippen molar-refractivity contribution < 1.29 is 23.8 Å². The summed E-state index contributed by atoms with van der Waals surface area (Å²) in [5, 5.41) is 0. The van der Waals surface area contributed by atoms with Crippen LogP contribution in [0.5, 0.6) is 0 Å². The second-order valence-electron chi connectivity index (χ2n) is 16.3. The SMILES string of the molecule is CC/C=C\C/C=C\C/C=C\CCCCCCCCCC(=O)OCC(COCCCCCCCC/C=C\CCCC)OC(=O)CCCCCCC/C=C\C/C=C\C/C=C\CC. The zero-order chi connectivity index (χ0) is 43.5. The van der Waals surface area contributed by atoms with E-state index in [-0.39, 0.29) is 25.2 Å². The van der Waals surface area contributed by atoms with Gasteiger partial charge >= 0.3 is 11.9 Å². The first-order valence-electron chi connectivity index (χ1n) is 25.1. The Morgan fingerprint density at radius 2 is 0.750 bits per heavy atom. The molecule has 0 bridgehead atoms. The lowest BCUT2D eigenvalue weighted by Crippen LogP contribution is -2.30. The highest BCUT2D eigenvalue weighted by molar-refractivity contribution is 5.70. The molecule has 0 saturated carbocycles. The molecule has 0 aliphatic rings. The van der Waals surface area contributed by atoms with Crippen LogP contribution in [-0.4, -0.2) is 37.9 Å². The molecule has 5 heteroatoms. The molecule has 0 heterocycles. The first-order valence-corrected chi connectivity index (χ1v) is 25.1. The van der Waals surface area contributed by atoms with E-state index in [2.05, 4.69) is 106 Å². The van der Waals surface area contributed by atoms with Crippen LogP contribution in [0.1, 0.15) is 226 Å². The minimum atomic E-state index is -0.555. The Morgan fingerprint density at radius 3 is 1.22 bits per heavy atom. The Labute approximate surface area is 371 Å². The lowest BCUT2D eigenvalue weighted by atomic mass is 10.1. The number of hydrogen-bond acceptors (Lipinski definition) is 5. The van der Waals surface area contributed by atoms with Gasteiger partial charge in [0.15, 0.2) is 6.10 Å². The summed E-state index contributed by atoms with van der Waals surface area (Å²) in [4.78, 5) is 25.4. The maximum atomic E-state index is 12.8. The third-order valence-electron chi connectivity index (χ3n) is 10.4. The molecule has 0 amide bonds. The van der Waals surface area contributed by atoms with Gasteiger partial charge in [-0.25, -0.2) is 0 Å². The van der Waals surface area contributed by atoms with E-state index in [1.54, 1.807) is 0 Å². The molecule has 1 unspecified atom stereocenters. The number of carbonyl (C=O) groups is 2. The van der Waals surface area contributed by atoms with Crippen molar-refractivity contribution in [3.8, 4) is 0 Å². The summed E-state index contributed by atoms with van der Waals surface area (Å²) in [5.74, 6) is -0.432. The van der Waals surface area contributed by atoms with E-state index in [1.165, 1.54) is 89.9 Å². The highest BCUT2D eigenvalue weighted by atomic mass is 16.6. The van der Waals surface area contributed by atoms with Crippen LogP contribution in [0.15, 0.2) is 85.1 Å². The van der Waals surface area contributed by atoms with Crippen LogP contribution in [-0.2, 0) is 23.8 Å². The monoisotopic (exact) mass is 835 g/mol. The third-order valence-corrected chi connectivity index (χ3v) is 10.4. The maximum Gasteiger partial charge on any atom is 0.306 e. The Morgan fingerprint density at radius 1 is 0.383 bits per heavy atom.